The molecular weight excluding hydrogens is 454 g/mol. The average molecular weight is 484 g/mol. The predicted molar refractivity (Wildman–Crippen MR) is 141 cm³/mol. The fraction of sp³-hybridized carbons (Fsp3) is 0.222. The number of fused-ring (bicyclic) bond motifs is 1. The molecule has 4 aromatic rings. The highest BCUT2D eigenvalue weighted by atomic mass is 16.2. The number of aryl methyl sites for hydroxylation is 1. The average Bonchev–Trinajstić information content (AvgIpc) is 3.22. The number of rotatable bonds is 10. The smallest absolute Gasteiger partial charge is 0.259 e. The minimum Gasteiger partial charge on any atom is -0.384 e. The summed E-state index contributed by atoms with van der Waals surface area (Å²) in [7, 11) is 1.93. The quantitative estimate of drug-likeness (QED) is 0.232. The molecule has 2 heterocycles. The van der Waals surface area contributed by atoms with Gasteiger partial charge in [0.25, 0.3) is 5.91 Å². The Kier molecular flexibility index (Phi) is 7.39. The number of anilines is 2. The molecule has 0 unspecified atom stereocenters. The molecule has 0 aliphatic carbocycles. The number of nitrogens with one attached hydrogen (secondary N) is 2. The Bertz CT molecular complexity index is 1400. The van der Waals surface area contributed by atoms with Crippen LogP contribution in [0.2, 0.25) is 0 Å². The molecule has 4 rings (SSSR count). The van der Waals surface area contributed by atoms with Crippen molar-refractivity contribution in [1.82, 2.24) is 14.5 Å². The Morgan fingerprint density at radius 3 is 2.50 bits per heavy atom. The van der Waals surface area contributed by atoms with Crippen LogP contribution in [0.3, 0.4) is 0 Å². The van der Waals surface area contributed by atoms with E-state index in [2.05, 4.69) is 10.3 Å². The van der Waals surface area contributed by atoms with Crippen molar-refractivity contribution in [1.29, 1.82) is 5.41 Å². The largest absolute Gasteiger partial charge is 0.384 e. The third-order valence-corrected chi connectivity index (χ3v) is 6.05. The van der Waals surface area contributed by atoms with Crippen LogP contribution in [-0.4, -0.2) is 38.6 Å². The van der Waals surface area contributed by atoms with Gasteiger partial charge in [0.1, 0.15) is 23.3 Å². The first-order valence-corrected chi connectivity index (χ1v) is 11.8. The zero-order chi connectivity index (χ0) is 25.7. The maximum absolute atomic E-state index is 13.5. The number of benzene rings is 2. The van der Waals surface area contributed by atoms with Gasteiger partial charge in [0.2, 0.25) is 0 Å². The Hall–Kier alpha value is -4.53. The second kappa shape index (κ2) is 10.8. The maximum atomic E-state index is 13.5. The van der Waals surface area contributed by atoms with Gasteiger partial charge in [-0.1, -0.05) is 13.0 Å². The molecule has 0 saturated heterocycles. The van der Waals surface area contributed by atoms with Crippen molar-refractivity contribution < 1.29 is 9.59 Å². The van der Waals surface area contributed by atoms with Gasteiger partial charge in [0, 0.05) is 49.4 Å². The number of ketones is 1. The number of carbonyl (C=O) groups is 2. The molecule has 2 aromatic carbocycles. The van der Waals surface area contributed by atoms with Crippen LogP contribution in [0, 0.1) is 5.41 Å². The van der Waals surface area contributed by atoms with Gasteiger partial charge in [-0.15, -0.1) is 0 Å². The number of aromatic nitrogens is 3. The number of pyridine rings is 1. The van der Waals surface area contributed by atoms with Crippen molar-refractivity contribution in [3.8, 4) is 0 Å². The molecule has 2 aromatic heterocycles. The highest BCUT2D eigenvalue weighted by molar-refractivity contribution is 6.07. The molecule has 0 aliphatic rings. The van der Waals surface area contributed by atoms with Gasteiger partial charge in [-0.3, -0.25) is 19.9 Å². The van der Waals surface area contributed by atoms with Crippen molar-refractivity contribution >= 4 is 40.1 Å². The number of nitrogen functional groups attached to an aromatic ring is 1. The van der Waals surface area contributed by atoms with Crippen LogP contribution in [0.15, 0.2) is 66.9 Å². The molecule has 0 saturated carbocycles. The molecule has 184 valence electrons. The Morgan fingerprint density at radius 1 is 1.08 bits per heavy atom. The first-order chi connectivity index (χ1) is 17.4. The number of nitrogens with two attached hydrogens (primary N) is 1. The third kappa shape index (κ3) is 5.41. The summed E-state index contributed by atoms with van der Waals surface area (Å²) in [6.45, 7) is 2.56. The lowest BCUT2D eigenvalue weighted by Gasteiger charge is -2.21. The minimum absolute atomic E-state index is 0.0285. The fourth-order valence-electron chi connectivity index (χ4n) is 3.89. The molecule has 0 atom stereocenters. The van der Waals surface area contributed by atoms with Gasteiger partial charge in [-0.25, -0.2) is 9.97 Å². The second-order valence-electron chi connectivity index (χ2n) is 8.42. The van der Waals surface area contributed by atoms with E-state index in [4.69, 9.17) is 16.1 Å². The predicted octanol–water partition coefficient (Wildman–Crippen LogP) is 3.88. The van der Waals surface area contributed by atoms with E-state index in [0.29, 0.717) is 35.4 Å². The summed E-state index contributed by atoms with van der Waals surface area (Å²) in [5.41, 5.74) is 9.16. The topological polar surface area (TPSA) is 130 Å². The first-order valence-electron chi connectivity index (χ1n) is 11.8. The summed E-state index contributed by atoms with van der Waals surface area (Å²) >= 11 is 0. The van der Waals surface area contributed by atoms with Crippen molar-refractivity contribution in [2.45, 2.75) is 26.3 Å². The van der Waals surface area contributed by atoms with Crippen LogP contribution in [0.25, 0.3) is 11.0 Å². The van der Waals surface area contributed by atoms with E-state index in [1.165, 1.54) is 0 Å². The Morgan fingerprint density at radius 2 is 1.83 bits per heavy atom. The van der Waals surface area contributed by atoms with Crippen LogP contribution in [0.4, 0.5) is 11.5 Å². The van der Waals surface area contributed by atoms with Crippen molar-refractivity contribution in [2.75, 3.05) is 16.8 Å². The molecule has 1 amide bonds. The minimum atomic E-state index is -0.226. The summed E-state index contributed by atoms with van der Waals surface area (Å²) in [5, 5.41) is 10.8. The van der Waals surface area contributed by atoms with E-state index in [0.717, 1.165) is 17.0 Å². The number of hydrogen-bond donors (Lipinski definition) is 3. The highest BCUT2D eigenvalue weighted by Gasteiger charge is 2.21. The van der Waals surface area contributed by atoms with Gasteiger partial charge in [0.05, 0.1) is 17.6 Å². The van der Waals surface area contributed by atoms with E-state index in [-0.39, 0.29) is 30.5 Å². The molecule has 0 bridgehead atoms. The lowest BCUT2D eigenvalue weighted by atomic mass is 10.1. The van der Waals surface area contributed by atoms with Gasteiger partial charge in [0.15, 0.2) is 0 Å². The fourth-order valence-corrected chi connectivity index (χ4v) is 3.89. The number of amides is 1. The van der Waals surface area contributed by atoms with E-state index in [9.17, 15) is 9.59 Å². The molecule has 36 heavy (non-hydrogen) atoms. The van der Waals surface area contributed by atoms with E-state index in [1.807, 2.05) is 42.8 Å². The number of Topliss-reactive ketones (excluding diaryl/α,β-unsaturated/α-hetero) is 1. The molecule has 0 radical (unpaired) electrons. The van der Waals surface area contributed by atoms with Crippen molar-refractivity contribution in [3.63, 3.8) is 0 Å². The van der Waals surface area contributed by atoms with Gasteiger partial charge < -0.3 is 15.6 Å². The van der Waals surface area contributed by atoms with Gasteiger partial charge in [-0.05, 0) is 54.6 Å². The third-order valence-electron chi connectivity index (χ3n) is 6.05. The molecule has 0 spiro atoms. The summed E-state index contributed by atoms with van der Waals surface area (Å²) < 4.78 is 1.98. The van der Waals surface area contributed by atoms with Crippen LogP contribution >= 0.6 is 0 Å². The van der Waals surface area contributed by atoms with E-state index in [1.54, 1.807) is 47.5 Å². The standard InChI is InChI=1S/C27H29N7O2/c1-3-21(35)13-15-34(24-6-4-5-14-30-24)27(36)19-9-12-23-22(16-19)32-25(33(23)2)17-31-20-10-7-18(8-11-20)26(28)29/h4-12,14,16,31H,3,13,15,17H2,1-2H3,(H3,28,29). The van der Waals surface area contributed by atoms with Crippen molar-refractivity contribution in [2.24, 2.45) is 12.8 Å². The molecule has 9 nitrogen and oxygen atoms in total. The van der Waals surface area contributed by atoms with Gasteiger partial charge >= 0.3 is 0 Å². The second-order valence-corrected chi connectivity index (χ2v) is 8.42. The lowest BCUT2D eigenvalue weighted by Crippen LogP contribution is -2.33. The summed E-state index contributed by atoms with van der Waals surface area (Å²) in [6.07, 6.45) is 2.34. The highest BCUT2D eigenvalue weighted by Crippen LogP contribution is 2.21. The van der Waals surface area contributed by atoms with Crippen LogP contribution in [0.1, 0.15) is 41.5 Å². The maximum Gasteiger partial charge on any atom is 0.259 e. The molecule has 9 heteroatoms. The van der Waals surface area contributed by atoms with E-state index < -0.39 is 0 Å². The number of amidine groups is 1. The summed E-state index contributed by atoms with van der Waals surface area (Å²) in [6, 6.07) is 18.1. The van der Waals surface area contributed by atoms with Crippen LogP contribution in [0.5, 0.6) is 0 Å². The Labute approximate surface area is 209 Å². The SMILES string of the molecule is CCC(=O)CCN(C(=O)c1ccc2c(c1)nc(CNc1ccc(C(=N)N)cc1)n2C)c1ccccn1. The summed E-state index contributed by atoms with van der Waals surface area (Å²) in [5.74, 6) is 1.21. The number of hydrogen-bond acceptors (Lipinski definition) is 6. The summed E-state index contributed by atoms with van der Waals surface area (Å²) in [4.78, 5) is 36.0. The number of carbonyl (C=O) groups excluding carboxylic acids is 2. The van der Waals surface area contributed by atoms with Gasteiger partial charge in [-0.2, -0.15) is 0 Å². The number of nitrogens with zero attached hydrogens (tertiary/aromatic N) is 4. The van der Waals surface area contributed by atoms with Crippen molar-refractivity contribution in [3.05, 3.63) is 83.8 Å². The lowest BCUT2D eigenvalue weighted by molar-refractivity contribution is -0.118. The zero-order valence-corrected chi connectivity index (χ0v) is 20.4. The molecule has 0 fully saturated rings. The molecular formula is C27H29N7O2. The normalized spacial score (nSPS) is 10.8. The molecule has 4 N–H and O–H groups in total. The number of imidazole rings is 1. The Balaban J connectivity index is 1.55. The molecule has 0 aliphatic heterocycles. The monoisotopic (exact) mass is 483 g/mol. The van der Waals surface area contributed by atoms with Crippen LogP contribution < -0.4 is 16.0 Å². The van der Waals surface area contributed by atoms with Crippen LogP contribution in [-0.2, 0) is 18.4 Å². The van der Waals surface area contributed by atoms with E-state index >= 15 is 0 Å². The zero-order valence-electron chi connectivity index (χ0n) is 20.4. The first kappa shape index (κ1) is 24.6.